The summed E-state index contributed by atoms with van der Waals surface area (Å²) in [5.41, 5.74) is 5.59. The van der Waals surface area contributed by atoms with Crippen molar-refractivity contribution in [1.82, 2.24) is 9.80 Å². The van der Waals surface area contributed by atoms with Crippen LogP contribution in [0, 0.1) is 0 Å². The summed E-state index contributed by atoms with van der Waals surface area (Å²) < 4.78 is 10.8. The first-order chi connectivity index (χ1) is 8.22. The Bertz CT molecular complexity index is 269. The lowest BCUT2D eigenvalue weighted by Gasteiger charge is -2.41. The molecular weight excluding hydrogens is 222 g/mol. The van der Waals surface area contributed by atoms with Gasteiger partial charge in [0.1, 0.15) is 0 Å². The van der Waals surface area contributed by atoms with E-state index in [9.17, 15) is 4.79 Å². The Balaban J connectivity index is 1.95. The molecule has 6 nitrogen and oxygen atoms in total. The van der Waals surface area contributed by atoms with E-state index >= 15 is 0 Å². The van der Waals surface area contributed by atoms with Crippen LogP contribution >= 0.6 is 0 Å². The van der Waals surface area contributed by atoms with Crippen molar-refractivity contribution in [3.8, 4) is 0 Å². The highest BCUT2D eigenvalue weighted by Gasteiger charge is 2.32. The van der Waals surface area contributed by atoms with Gasteiger partial charge in [-0.3, -0.25) is 0 Å². The predicted molar refractivity (Wildman–Crippen MR) is 62.8 cm³/mol. The molecule has 2 fully saturated rings. The first-order valence-electron chi connectivity index (χ1n) is 6.17. The topological polar surface area (TPSA) is 68.0 Å². The van der Waals surface area contributed by atoms with Crippen LogP contribution in [-0.4, -0.2) is 74.0 Å². The van der Waals surface area contributed by atoms with Crippen molar-refractivity contribution in [3.63, 3.8) is 0 Å². The van der Waals surface area contributed by atoms with E-state index in [1.165, 1.54) is 0 Å². The highest BCUT2D eigenvalue weighted by atomic mass is 16.5. The number of amides is 2. The van der Waals surface area contributed by atoms with Gasteiger partial charge in [0.2, 0.25) is 0 Å². The molecule has 2 amide bonds. The van der Waals surface area contributed by atoms with Gasteiger partial charge in [-0.2, -0.15) is 0 Å². The molecule has 0 radical (unpaired) electrons. The Hall–Kier alpha value is -0.850. The summed E-state index contributed by atoms with van der Waals surface area (Å²) in [5.74, 6) is 0. The molecule has 0 aromatic rings. The fourth-order valence-corrected chi connectivity index (χ4v) is 2.16. The number of carbonyl (C=O) groups is 1. The van der Waals surface area contributed by atoms with Gasteiger partial charge in [-0.05, 0) is 6.92 Å². The molecule has 2 atom stereocenters. The molecule has 0 saturated carbocycles. The zero-order chi connectivity index (χ0) is 12.3. The van der Waals surface area contributed by atoms with Gasteiger partial charge in [0.05, 0.1) is 38.5 Å². The molecule has 0 aliphatic carbocycles. The van der Waals surface area contributed by atoms with E-state index in [2.05, 4.69) is 0 Å². The second-order valence-electron chi connectivity index (χ2n) is 4.57. The Morgan fingerprint density at radius 3 is 2.76 bits per heavy atom. The van der Waals surface area contributed by atoms with Crippen molar-refractivity contribution in [1.29, 1.82) is 0 Å². The molecule has 0 bridgehead atoms. The summed E-state index contributed by atoms with van der Waals surface area (Å²) in [6, 6.07) is 0.204. The average molecular weight is 243 g/mol. The highest BCUT2D eigenvalue weighted by Crippen LogP contribution is 2.14. The minimum Gasteiger partial charge on any atom is -0.378 e. The molecule has 2 unspecified atom stereocenters. The minimum atomic E-state index is -0.0313. The fourth-order valence-electron chi connectivity index (χ4n) is 2.16. The molecule has 6 heteroatoms. The molecular formula is C11H21N3O3. The van der Waals surface area contributed by atoms with Gasteiger partial charge in [-0.15, -0.1) is 0 Å². The first-order valence-corrected chi connectivity index (χ1v) is 6.17. The molecule has 2 rings (SSSR count). The summed E-state index contributed by atoms with van der Waals surface area (Å²) in [6.07, 6.45) is -0.0313. The van der Waals surface area contributed by atoms with Crippen LogP contribution in [0.2, 0.25) is 0 Å². The largest absolute Gasteiger partial charge is 0.378 e. The van der Waals surface area contributed by atoms with Crippen LogP contribution in [0.25, 0.3) is 0 Å². The molecule has 0 spiro atoms. The molecule has 2 saturated heterocycles. The summed E-state index contributed by atoms with van der Waals surface area (Å²) in [6.45, 7) is 6.23. The molecule has 2 heterocycles. The van der Waals surface area contributed by atoms with Crippen molar-refractivity contribution < 1.29 is 14.3 Å². The zero-order valence-corrected chi connectivity index (χ0v) is 10.3. The minimum absolute atomic E-state index is 0.0313. The Morgan fingerprint density at radius 1 is 1.41 bits per heavy atom. The van der Waals surface area contributed by atoms with Gasteiger partial charge in [-0.1, -0.05) is 0 Å². The van der Waals surface area contributed by atoms with Crippen LogP contribution in [0.1, 0.15) is 6.92 Å². The van der Waals surface area contributed by atoms with Crippen molar-refractivity contribution in [2.45, 2.75) is 19.1 Å². The molecule has 0 aromatic heterocycles. The monoisotopic (exact) mass is 243 g/mol. The number of hydrogen-bond acceptors (Lipinski definition) is 4. The SMILES string of the molecule is CC1COC(CN)CN1C(=O)N1CCOCC1. The van der Waals surface area contributed by atoms with Gasteiger partial charge >= 0.3 is 6.03 Å². The number of morpholine rings is 2. The van der Waals surface area contributed by atoms with E-state index in [1.807, 2.05) is 16.7 Å². The lowest BCUT2D eigenvalue weighted by Crippen LogP contribution is -2.58. The lowest BCUT2D eigenvalue weighted by atomic mass is 10.2. The van der Waals surface area contributed by atoms with E-state index in [0.29, 0.717) is 46.0 Å². The molecule has 2 N–H and O–H groups in total. The maximum Gasteiger partial charge on any atom is 0.320 e. The van der Waals surface area contributed by atoms with E-state index in [0.717, 1.165) is 0 Å². The first kappa shape index (κ1) is 12.6. The molecule has 2 aliphatic heterocycles. The van der Waals surface area contributed by atoms with Gasteiger partial charge in [0.15, 0.2) is 0 Å². The van der Waals surface area contributed by atoms with Crippen LogP contribution in [0.3, 0.4) is 0 Å². The number of ether oxygens (including phenoxy) is 2. The predicted octanol–water partition coefficient (Wildman–Crippen LogP) is -0.513. The third kappa shape index (κ3) is 2.88. The van der Waals surface area contributed by atoms with Gasteiger partial charge in [-0.25, -0.2) is 4.79 Å². The lowest BCUT2D eigenvalue weighted by molar-refractivity contribution is -0.0460. The fraction of sp³-hybridized carbons (Fsp3) is 0.909. The number of nitrogens with zero attached hydrogens (tertiary/aromatic N) is 2. The molecule has 0 aromatic carbocycles. The van der Waals surface area contributed by atoms with Crippen LogP contribution in [0.15, 0.2) is 0 Å². The number of carbonyl (C=O) groups excluding carboxylic acids is 1. The van der Waals surface area contributed by atoms with E-state index in [-0.39, 0.29) is 18.2 Å². The van der Waals surface area contributed by atoms with Crippen molar-refractivity contribution in [2.75, 3.05) is 46.0 Å². The van der Waals surface area contributed by atoms with Crippen molar-refractivity contribution in [3.05, 3.63) is 0 Å². The van der Waals surface area contributed by atoms with Crippen molar-refractivity contribution >= 4 is 6.03 Å². The van der Waals surface area contributed by atoms with Crippen LogP contribution in [0.4, 0.5) is 4.79 Å². The Labute approximate surface area is 102 Å². The maximum absolute atomic E-state index is 12.3. The maximum atomic E-state index is 12.3. The van der Waals surface area contributed by atoms with Crippen LogP contribution < -0.4 is 5.73 Å². The average Bonchev–Trinajstić information content (AvgIpc) is 2.39. The molecule has 17 heavy (non-hydrogen) atoms. The standard InChI is InChI=1S/C11H21N3O3/c1-9-8-17-10(6-12)7-14(9)11(15)13-2-4-16-5-3-13/h9-10H,2-8,12H2,1H3. The highest BCUT2D eigenvalue weighted by molar-refractivity contribution is 5.75. The Morgan fingerprint density at radius 2 is 2.12 bits per heavy atom. The van der Waals surface area contributed by atoms with Crippen LogP contribution in [-0.2, 0) is 9.47 Å². The molecule has 2 aliphatic rings. The number of rotatable bonds is 1. The number of urea groups is 1. The third-order valence-electron chi connectivity index (χ3n) is 3.30. The van der Waals surface area contributed by atoms with E-state index in [4.69, 9.17) is 15.2 Å². The van der Waals surface area contributed by atoms with Gasteiger partial charge in [0.25, 0.3) is 0 Å². The third-order valence-corrected chi connectivity index (χ3v) is 3.30. The van der Waals surface area contributed by atoms with E-state index in [1.54, 1.807) is 0 Å². The second-order valence-corrected chi connectivity index (χ2v) is 4.57. The second kappa shape index (κ2) is 5.66. The van der Waals surface area contributed by atoms with Crippen molar-refractivity contribution in [2.24, 2.45) is 5.73 Å². The Kier molecular flexibility index (Phi) is 4.20. The van der Waals surface area contributed by atoms with Gasteiger partial charge < -0.3 is 25.0 Å². The summed E-state index contributed by atoms with van der Waals surface area (Å²) in [5, 5.41) is 0. The summed E-state index contributed by atoms with van der Waals surface area (Å²) in [4.78, 5) is 16.0. The molecule has 98 valence electrons. The van der Waals surface area contributed by atoms with Crippen LogP contribution in [0.5, 0.6) is 0 Å². The number of hydrogen-bond donors (Lipinski definition) is 1. The van der Waals surface area contributed by atoms with Gasteiger partial charge in [0, 0.05) is 19.6 Å². The zero-order valence-electron chi connectivity index (χ0n) is 10.3. The summed E-state index contributed by atoms with van der Waals surface area (Å²) >= 11 is 0. The van der Waals surface area contributed by atoms with E-state index < -0.39 is 0 Å². The normalized spacial score (nSPS) is 30.5. The summed E-state index contributed by atoms with van der Waals surface area (Å²) in [7, 11) is 0. The number of nitrogens with two attached hydrogens (primary N) is 1. The quantitative estimate of drug-likeness (QED) is 0.673. The smallest absolute Gasteiger partial charge is 0.320 e.